The molecular formula is C14H21ClN4O4S. The first-order chi connectivity index (χ1) is 10.7. The van der Waals surface area contributed by atoms with Gasteiger partial charge in [-0.05, 0) is 31.0 Å². The lowest BCUT2D eigenvalue weighted by molar-refractivity contribution is 0.392. The van der Waals surface area contributed by atoms with Gasteiger partial charge in [-0.15, -0.1) is 12.4 Å². The molecule has 1 aromatic carbocycles. The van der Waals surface area contributed by atoms with Crippen LogP contribution in [0.2, 0.25) is 0 Å². The van der Waals surface area contributed by atoms with Gasteiger partial charge < -0.3 is 10.7 Å². The third kappa shape index (κ3) is 4.23. The highest BCUT2D eigenvalue weighted by molar-refractivity contribution is 7.89. The van der Waals surface area contributed by atoms with Crippen LogP contribution in [0.25, 0.3) is 10.9 Å². The lowest BCUT2D eigenvalue weighted by Gasteiger charge is -2.26. The van der Waals surface area contributed by atoms with E-state index in [1.165, 1.54) is 18.2 Å². The van der Waals surface area contributed by atoms with Gasteiger partial charge >= 0.3 is 5.69 Å². The molecule has 0 aliphatic carbocycles. The molecule has 0 saturated heterocycles. The highest BCUT2D eigenvalue weighted by Gasteiger charge is 2.24. The molecule has 0 unspecified atom stereocenters. The molecule has 0 saturated carbocycles. The molecule has 0 aliphatic rings. The molecule has 2 aromatic rings. The molecule has 0 fully saturated rings. The van der Waals surface area contributed by atoms with Crippen molar-refractivity contribution in [2.75, 3.05) is 6.54 Å². The zero-order chi connectivity index (χ0) is 17.3. The fraction of sp³-hybridized carbons (Fsp3) is 0.429. The molecule has 24 heavy (non-hydrogen) atoms. The van der Waals surface area contributed by atoms with Gasteiger partial charge in [0.15, 0.2) is 0 Å². The Bertz CT molecular complexity index is 932. The van der Waals surface area contributed by atoms with Crippen LogP contribution in [-0.4, -0.2) is 30.5 Å². The third-order valence-corrected chi connectivity index (χ3v) is 5.44. The summed E-state index contributed by atoms with van der Waals surface area (Å²) < 4.78 is 27.2. The summed E-state index contributed by atoms with van der Waals surface area (Å²) in [6.45, 7) is 3.88. The molecule has 0 atom stereocenters. The van der Waals surface area contributed by atoms with Crippen LogP contribution < -0.4 is 21.7 Å². The number of nitrogens with one attached hydrogen (secondary N) is 3. The molecular weight excluding hydrogens is 356 g/mol. The van der Waals surface area contributed by atoms with E-state index < -0.39 is 26.8 Å². The second kappa shape index (κ2) is 7.47. The average molecular weight is 377 g/mol. The van der Waals surface area contributed by atoms with Crippen molar-refractivity contribution in [2.24, 2.45) is 5.73 Å². The Balaban J connectivity index is 0.00000288. The smallest absolute Gasteiger partial charge is 0.324 e. The standard InChI is InChI=1S/C14H20N4O4S.ClH/c1-3-14(15,4-2)8-16-23(21,22)9-5-6-11-10(7-9)12(19)18-13(20)17-11;/h5-7,16H,3-4,8,15H2,1-2H3,(H2,17,18,19,20);1H. The minimum Gasteiger partial charge on any atom is -0.324 e. The Hall–Kier alpha value is -1.68. The molecule has 8 nitrogen and oxygen atoms in total. The van der Waals surface area contributed by atoms with Gasteiger partial charge in [0.2, 0.25) is 10.0 Å². The topological polar surface area (TPSA) is 138 Å². The summed E-state index contributed by atoms with van der Waals surface area (Å²) in [5, 5.41) is 0.0949. The molecule has 0 amide bonds. The van der Waals surface area contributed by atoms with Crippen molar-refractivity contribution in [1.82, 2.24) is 14.7 Å². The van der Waals surface area contributed by atoms with Gasteiger partial charge in [0.05, 0.1) is 15.8 Å². The fourth-order valence-corrected chi connectivity index (χ4v) is 3.30. The predicted molar refractivity (Wildman–Crippen MR) is 95.1 cm³/mol. The highest BCUT2D eigenvalue weighted by atomic mass is 35.5. The number of benzene rings is 1. The van der Waals surface area contributed by atoms with E-state index in [2.05, 4.69) is 14.7 Å². The largest absolute Gasteiger partial charge is 0.326 e. The third-order valence-electron chi connectivity index (χ3n) is 4.04. The Morgan fingerprint density at radius 3 is 2.38 bits per heavy atom. The minimum absolute atomic E-state index is 0. The summed E-state index contributed by atoms with van der Waals surface area (Å²) in [5.41, 5.74) is 4.46. The summed E-state index contributed by atoms with van der Waals surface area (Å²) in [6.07, 6.45) is 1.26. The van der Waals surface area contributed by atoms with Crippen molar-refractivity contribution in [3.05, 3.63) is 39.0 Å². The van der Waals surface area contributed by atoms with Crippen molar-refractivity contribution in [3.8, 4) is 0 Å². The van der Waals surface area contributed by atoms with E-state index in [4.69, 9.17) is 5.73 Å². The number of halogens is 1. The molecule has 1 aromatic heterocycles. The first-order valence-electron chi connectivity index (χ1n) is 7.25. The number of aromatic amines is 2. The number of sulfonamides is 1. The summed E-state index contributed by atoms with van der Waals surface area (Å²) >= 11 is 0. The number of H-pyrrole nitrogens is 2. The Kier molecular flexibility index (Phi) is 6.34. The van der Waals surface area contributed by atoms with Gasteiger partial charge in [-0.25, -0.2) is 17.9 Å². The molecule has 0 spiro atoms. The molecule has 134 valence electrons. The molecule has 2 rings (SSSR count). The van der Waals surface area contributed by atoms with Crippen molar-refractivity contribution in [1.29, 1.82) is 0 Å². The van der Waals surface area contributed by atoms with Gasteiger partial charge in [-0.2, -0.15) is 0 Å². The Morgan fingerprint density at radius 1 is 1.17 bits per heavy atom. The predicted octanol–water partition coefficient (Wildman–Crippen LogP) is 0.434. The molecule has 10 heteroatoms. The maximum Gasteiger partial charge on any atom is 0.326 e. The summed E-state index contributed by atoms with van der Waals surface area (Å²) in [4.78, 5) is 27.4. The first-order valence-corrected chi connectivity index (χ1v) is 8.74. The quantitative estimate of drug-likeness (QED) is 0.579. The van der Waals surface area contributed by atoms with Gasteiger partial charge in [0, 0.05) is 12.1 Å². The van der Waals surface area contributed by atoms with Crippen LogP contribution >= 0.6 is 12.4 Å². The van der Waals surface area contributed by atoms with E-state index in [9.17, 15) is 18.0 Å². The Morgan fingerprint density at radius 2 is 1.79 bits per heavy atom. The first kappa shape index (κ1) is 20.4. The summed E-state index contributed by atoms with van der Waals surface area (Å²) in [5.74, 6) is 0. The SMILES string of the molecule is CCC(N)(CC)CNS(=O)(=O)c1ccc2[nH]c(=O)[nH]c(=O)c2c1.Cl. The van der Waals surface area contributed by atoms with E-state index in [1.807, 2.05) is 13.8 Å². The molecule has 0 aliphatic heterocycles. The van der Waals surface area contributed by atoms with Crippen molar-refractivity contribution >= 4 is 33.3 Å². The van der Waals surface area contributed by atoms with Crippen LogP contribution in [0.3, 0.4) is 0 Å². The monoisotopic (exact) mass is 376 g/mol. The fourth-order valence-electron chi connectivity index (χ4n) is 2.13. The average Bonchev–Trinajstić information content (AvgIpc) is 2.52. The van der Waals surface area contributed by atoms with E-state index in [0.29, 0.717) is 12.8 Å². The zero-order valence-corrected chi connectivity index (χ0v) is 15.0. The van der Waals surface area contributed by atoms with Crippen LogP contribution in [0.1, 0.15) is 26.7 Å². The summed E-state index contributed by atoms with van der Waals surface area (Å²) in [6, 6.07) is 3.94. The lowest BCUT2D eigenvalue weighted by atomic mass is 9.95. The van der Waals surface area contributed by atoms with E-state index in [1.54, 1.807) is 0 Å². The zero-order valence-electron chi connectivity index (χ0n) is 13.4. The minimum atomic E-state index is -3.81. The van der Waals surface area contributed by atoms with Gasteiger partial charge in [0.25, 0.3) is 5.56 Å². The van der Waals surface area contributed by atoms with Crippen LogP contribution in [0.4, 0.5) is 0 Å². The lowest BCUT2D eigenvalue weighted by Crippen LogP contribution is -2.49. The van der Waals surface area contributed by atoms with Crippen LogP contribution in [0.5, 0.6) is 0 Å². The molecule has 1 heterocycles. The maximum atomic E-state index is 12.4. The van der Waals surface area contributed by atoms with Gasteiger partial charge in [-0.1, -0.05) is 13.8 Å². The van der Waals surface area contributed by atoms with E-state index >= 15 is 0 Å². The van der Waals surface area contributed by atoms with E-state index in [-0.39, 0.29) is 34.8 Å². The number of hydrogen-bond donors (Lipinski definition) is 4. The van der Waals surface area contributed by atoms with Crippen molar-refractivity contribution in [3.63, 3.8) is 0 Å². The normalized spacial score (nSPS) is 12.1. The maximum absolute atomic E-state index is 12.4. The van der Waals surface area contributed by atoms with Crippen molar-refractivity contribution < 1.29 is 8.42 Å². The molecule has 0 radical (unpaired) electrons. The number of nitrogens with two attached hydrogens (primary N) is 1. The number of fused-ring (bicyclic) bond motifs is 1. The summed E-state index contributed by atoms with van der Waals surface area (Å²) in [7, 11) is -3.81. The molecule has 5 N–H and O–H groups in total. The Labute approximate surface area is 145 Å². The molecule has 0 bridgehead atoms. The number of hydrogen-bond acceptors (Lipinski definition) is 5. The second-order valence-electron chi connectivity index (χ2n) is 5.51. The van der Waals surface area contributed by atoms with Gasteiger partial charge in [-0.3, -0.25) is 9.78 Å². The second-order valence-corrected chi connectivity index (χ2v) is 7.28. The number of aromatic nitrogens is 2. The van der Waals surface area contributed by atoms with Crippen molar-refractivity contribution in [2.45, 2.75) is 37.1 Å². The van der Waals surface area contributed by atoms with Crippen LogP contribution in [0.15, 0.2) is 32.7 Å². The van der Waals surface area contributed by atoms with Crippen LogP contribution in [0, 0.1) is 0 Å². The highest BCUT2D eigenvalue weighted by Crippen LogP contribution is 2.16. The van der Waals surface area contributed by atoms with E-state index in [0.717, 1.165) is 0 Å². The van der Waals surface area contributed by atoms with Crippen LogP contribution in [-0.2, 0) is 10.0 Å². The van der Waals surface area contributed by atoms with Gasteiger partial charge in [0.1, 0.15) is 0 Å². The number of rotatable bonds is 6.